The van der Waals surface area contributed by atoms with Crippen LogP contribution in [-0.2, 0) is 0 Å². The normalized spacial score (nSPS) is 10.1. The molecular weight excluding hydrogens is 847 g/mol. The second-order valence-electron chi connectivity index (χ2n) is 8.78. The topological polar surface area (TPSA) is 120 Å². The zero-order valence-electron chi connectivity index (χ0n) is 22.1. The van der Waals surface area contributed by atoms with E-state index >= 15 is 0 Å². The Labute approximate surface area is 290 Å². The molecule has 210 valence electrons. The van der Waals surface area contributed by atoms with Gasteiger partial charge in [0.25, 0.3) is 0 Å². The fourth-order valence-electron chi connectivity index (χ4n) is 4.32. The number of rotatable bonds is 3. The van der Waals surface area contributed by atoms with Gasteiger partial charge in [-0.3, -0.25) is 0 Å². The Morgan fingerprint density at radius 3 is 0.791 bits per heavy atom. The maximum Gasteiger partial charge on any atom is 3.00 e. The second kappa shape index (κ2) is 15.5. The maximum atomic E-state index is 10.8. The van der Waals surface area contributed by atoms with Gasteiger partial charge in [0.15, 0.2) is 0 Å². The summed E-state index contributed by atoms with van der Waals surface area (Å²) in [5.41, 5.74) is 0.677. The average Bonchev–Trinajstić information content (AvgIpc) is 2.98. The van der Waals surface area contributed by atoms with Gasteiger partial charge in [-0.25, -0.2) is 0 Å². The predicted molar refractivity (Wildman–Crippen MR) is 174 cm³/mol. The summed E-state index contributed by atoms with van der Waals surface area (Å²) in [4.78, 5) is 32.4. The van der Waals surface area contributed by atoms with E-state index < -0.39 is 17.9 Å². The fourth-order valence-corrected chi connectivity index (χ4v) is 5.75. The molecule has 0 heterocycles. The van der Waals surface area contributed by atoms with Gasteiger partial charge in [-0.15, -0.1) is 0 Å². The number of carbonyl (C=O) groups excluding carboxylic acids is 3. The molecule has 0 radical (unpaired) electrons. The van der Waals surface area contributed by atoms with E-state index in [-0.39, 0.29) is 42.5 Å². The van der Waals surface area contributed by atoms with Crippen molar-refractivity contribution in [1.29, 1.82) is 0 Å². The molecule has 0 atom stereocenters. The van der Waals surface area contributed by atoms with Gasteiger partial charge in [-0.1, -0.05) is 139 Å². The van der Waals surface area contributed by atoms with Crippen LogP contribution in [0.5, 0.6) is 0 Å². The van der Waals surface area contributed by atoms with Gasteiger partial charge in [-0.2, -0.15) is 0 Å². The largest absolute Gasteiger partial charge is 3.00 e. The van der Waals surface area contributed by atoms with Crippen LogP contribution < -0.4 is 15.3 Å². The number of hydrogen-bond donors (Lipinski definition) is 0. The summed E-state index contributed by atoms with van der Waals surface area (Å²) in [5.74, 6) is -3.43. The van der Waals surface area contributed by atoms with Gasteiger partial charge in [0.2, 0.25) is 0 Å². The zero-order valence-corrected chi connectivity index (χ0v) is 30.1. The second-order valence-corrected chi connectivity index (χ2v) is 11.3. The first kappa shape index (κ1) is 34.3. The number of carboxylic acids is 3. The molecule has 0 N–H and O–H groups in total. The summed E-state index contributed by atoms with van der Waals surface area (Å²) >= 11 is 10.1. The van der Waals surface area contributed by atoms with Crippen LogP contribution in [0.4, 0.5) is 0 Å². The molecule has 0 saturated carbocycles. The number of benzene rings is 6. The summed E-state index contributed by atoms with van der Waals surface area (Å²) in [5, 5.41) is 37.1. The zero-order chi connectivity index (χ0) is 30.4. The molecule has 0 unspecified atom stereocenters. The van der Waals surface area contributed by atoms with Crippen molar-refractivity contribution in [3.05, 3.63) is 139 Å². The van der Waals surface area contributed by atoms with E-state index in [1.807, 2.05) is 36.4 Å². The maximum absolute atomic E-state index is 10.8. The molecule has 0 bridgehead atoms. The van der Waals surface area contributed by atoms with Gasteiger partial charge >= 0.3 is 25.8 Å². The molecule has 6 nitrogen and oxygen atoms in total. The molecule has 0 aliphatic carbocycles. The number of carboxylic acid groups (broad SMARTS) is 3. The number of hydrogen-bond acceptors (Lipinski definition) is 6. The molecule has 0 fully saturated rings. The molecular formula is C33H18Br3InO6. The molecule has 0 aromatic heterocycles. The van der Waals surface area contributed by atoms with Crippen molar-refractivity contribution in [2.75, 3.05) is 0 Å². The molecule has 6 aromatic rings. The van der Waals surface area contributed by atoms with E-state index in [0.29, 0.717) is 16.2 Å². The van der Waals surface area contributed by atoms with E-state index in [9.17, 15) is 29.7 Å². The third-order valence-corrected chi connectivity index (χ3v) is 8.35. The van der Waals surface area contributed by atoms with E-state index in [2.05, 4.69) is 47.8 Å². The standard InChI is InChI=1S/3C11H7BrO2.In/c3*12-10-6-5-9(11(13)14)7-3-1-2-4-8(7)10;/h3*1-6H,(H,13,14);/q;;;+3/p-3. The van der Waals surface area contributed by atoms with Crippen LogP contribution in [0.3, 0.4) is 0 Å². The van der Waals surface area contributed by atoms with E-state index in [1.165, 1.54) is 0 Å². The van der Waals surface area contributed by atoms with Crippen LogP contribution in [-0.4, -0.2) is 43.8 Å². The molecule has 10 heteroatoms. The summed E-state index contributed by atoms with van der Waals surface area (Å²) in [6.07, 6.45) is 0. The first-order chi connectivity index (χ1) is 20.1. The molecule has 0 aliphatic rings. The Balaban J connectivity index is 0.000000175. The van der Waals surface area contributed by atoms with Gasteiger partial charge in [-0.05, 0) is 50.5 Å². The van der Waals surface area contributed by atoms with Crippen LogP contribution >= 0.6 is 47.8 Å². The van der Waals surface area contributed by atoms with Crippen molar-refractivity contribution < 1.29 is 29.7 Å². The minimum absolute atomic E-state index is 0. The van der Waals surface area contributed by atoms with Crippen LogP contribution in [0.1, 0.15) is 31.1 Å². The van der Waals surface area contributed by atoms with Crippen LogP contribution in [0.15, 0.2) is 123 Å². The monoisotopic (exact) mass is 862 g/mol. The first-order valence-electron chi connectivity index (χ1n) is 12.3. The number of aromatic carboxylic acids is 3. The van der Waals surface area contributed by atoms with Crippen molar-refractivity contribution in [3.63, 3.8) is 0 Å². The quantitative estimate of drug-likeness (QED) is 0.232. The molecule has 0 spiro atoms. The predicted octanol–water partition coefficient (Wildman–Crippen LogP) is 5.52. The van der Waals surface area contributed by atoms with Crippen molar-refractivity contribution >= 4 is 124 Å². The van der Waals surface area contributed by atoms with Gasteiger partial charge in [0.1, 0.15) is 0 Å². The van der Waals surface area contributed by atoms with E-state index in [1.54, 1.807) is 72.8 Å². The fraction of sp³-hybridized carbons (Fsp3) is 0. The summed E-state index contributed by atoms with van der Waals surface area (Å²) in [6, 6.07) is 31.7. The van der Waals surface area contributed by atoms with E-state index in [4.69, 9.17) is 0 Å². The Bertz CT molecular complexity index is 1750. The Morgan fingerprint density at radius 1 is 0.372 bits per heavy atom. The molecule has 6 aromatic carbocycles. The minimum Gasteiger partial charge on any atom is -0.545 e. The average molecular weight is 865 g/mol. The number of fused-ring (bicyclic) bond motifs is 3. The van der Waals surface area contributed by atoms with Crippen molar-refractivity contribution in [2.24, 2.45) is 0 Å². The Kier molecular flexibility index (Phi) is 12.4. The smallest absolute Gasteiger partial charge is 0.545 e. The molecule has 6 rings (SSSR count). The third-order valence-electron chi connectivity index (χ3n) is 6.27. The molecule has 43 heavy (non-hydrogen) atoms. The summed E-state index contributed by atoms with van der Waals surface area (Å²) in [7, 11) is 0. The minimum atomic E-state index is -1.14. The summed E-state index contributed by atoms with van der Waals surface area (Å²) < 4.78 is 2.66. The van der Waals surface area contributed by atoms with Gasteiger partial charge < -0.3 is 29.7 Å². The molecule has 0 saturated heterocycles. The summed E-state index contributed by atoms with van der Waals surface area (Å²) in [6.45, 7) is 0. The van der Waals surface area contributed by atoms with Crippen molar-refractivity contribution in [2.45, 2.75) is 0 Å². The number of carbonyl (C=O) groups is 3. The number of halogens is 3. The molecule has 0 amide bonds. The van der Waals surface area contributed by atoms with Crippen LogP contribution in [0, 0.1) is 0 Å². The van der Waals surface area contributed by atoms with Crippen molar-refractivity contribution in [1.82, 2.24) is 0 Å². The first-order valence-corrected chi connectivity index (χ1v) is 14.6. The van der Waals surface area contributed by atoms with Crippen LogP contribution in [0.25, 0.3) is 32.3 Å². The SMILES string of the molecule is O=C([O-])c1ccc(Br)c2ccccc12.O=C([O-])c1ccc(Br)c2ccccc12.O=C([O-])c1ccc(Br)c2ccccc12.[In+3]. The van der Waals surface area contributed by atoms with Gasteiger partial charge in [0.05, 0.1) is 17.9 Å². The Morgan fingerprint density at radius 2 is 0.581 bits per heavy atom. The van der Waals surface area contributed by atoms with Gasteiger partial charge in [0, 0.05) is 30.1 Å². The Hall–Kier alpha value is -3.18. The van der Waals surface area contributed by atoms with Crippen molar-refractivity contribution in [3.8, 4) is 0 Å². The third kappa shape index (κ3) is 8.06. The van der Waals surface area contributed by atoms with E-state index in [0.717, 1.165) is 29.6 Å². The molecule has 0 aliphatic heterocycles. The van der Waals surface area contributed by atoms with Crippen LogP contribution in [0.2, 0.25) is 0 Å².